The maximum atomic E-state index is 12.0. The number of nitrogens with one attached hydrogen (secondary N) is 1. The van der Waals surface area contributed by atoms with Crippen LogP contribution in [0.1, 0.15) is 13.8 Å². The Labute approximate surface area is 102 Å². The molecule has 0 bridgehead atoms. The molecule has 6 nitrogen and oxygen atoms in total. The highest BCUT2D eigenvalue weighted by Crippen LogP contribution is 2.17. The molecule has 6 heteroatoms. The zero-order valence-electron chi connectivity index (χ0n) is 10.7. The molecule has 1 rings (SSSR count). The van der Waals surface area contributed by atoms with Crippen molar-refractivity contribution in [3.05, 3.63) is 0 Å². The lowest BCUT2D eigenvalue weighted by Crippen LogP contribution is -2.52. The molecule has 0 atom stereocenters. The predicted molar refractivity (Wildman–Crippen MR) is 63.9 cm³/mol. The third-order valence-corrected chi connectivity index (χ3v) is 2.93. The summed E-state index contributed by atoms with van der Waals surface area (Å²) < 4.78 is 0. The number of carbonyl (C=O) groups is 2. The molecule has 17 heavy (non-hydrogen) atoms. The van der Waals surface area contributed by atoms with Crippen LogP contribution in [0.3, 0.4) is 0 Å². The second-order valence-corrected chi connectivity index (χ2v) is 5.06. The number of piperazine rings is 1. The summed E-state index contributed by atoms with van der Waals surface area (Å²) in [5.74, 6) is -0.891. The van der Waals surface area contributed by atoms with E-state index in [1.807, 2.05) is 0 Å². The first kappa shape index (κ1) is 13.8. The summed E-state index contributed by atoms with van der Waals surface area (Å²) in [6.45, 7) is 6.40. The molecule has 1 saturated heterocycles. The highest BCUT2D eigenvalue weighted by atomic mass is 16.4. The molecule has 0 saturated carbocycles. The number of amides is 2. The summed E-state index contributed by atoms with van der Waals surface area (Å²) >= 11 is 0. The number of nitrogens with zero attached hydrogens (tertiary/aromatic N) is 2. The topological polar surface area (TPSA) is 72.9 Å². The fraction of sp³-hybridized carbons (Fsp3) is 0.818. The van der Waals surface area contributed by atoms with E-state index in [0.29, 0.717) is 13.1 Å². The van der Waals surface area contributed by atoms with Crippen LogP contribution in [0.25, 0.3) is 0 Å². The lowest BCUT2D eigenvalue weighted by Gasteiger charge is -2.34. The maximum Gasteiger partial charge on any atom is 0.319 e. The normalized spacial score (nSPS) is 16.8. The van der Waals surface area contributed by atoms with E-state index in [2.05, 4.69) is 5.32 Å². The van der Waals surface area contributed by atoms with Crippen LogP contribution in [0.2, 0.25) is 0 Å². The molecule has 1 heterocycles. The van der Waals surface area contributed by atoms with Gasteiger partial charge in [-0.1, -0.05) is 0 Å². The van der Waals surface area contributed by atoms with Crippen LogP contribution in [0.5, 0.6) is 0 Å². The van der Waals surface area contributed by atoms with Gasteiger partial charge in [-0.3, -0.25) is 4.79 Å². The highest BCUT2D eigenvalue weighted by molar-refractivity contribution is 5.77. The minimum atomic E-state index is -0.918. The van der Waals surface area contributed by atoms with Gasteiger partial charge in [0.25, 0.3) is 0 Å². The molecule has 2 N–H and O–H groups in total. The van der Waals surface area contributed by atoms with Crippen LogP contribution >= 0.6 is 0 Å². The van der Waals surface area contributed by atoms with Crippen LogP contribution in [0.4, 0.5) is 4.79 Å². The van der Waals surface area contributed by atoms with Gasteiger partial charge >= 0.3 is 12.0 Å². The Bertz CT molecular complexity index is 298. The number of carboxylic acid groups (broad SMARTS) is 1. The van der Waals surface area contributed by atoms with Gasteiger partial charge in [-0.25, -0.2) is 4.79 Å². The van der Waals surface area contributed by atoms with E-state index in [-0.39, 0.29) is 12.6 Å². The van der Waals surface area contributed by atoms with Crippen molar-refractivity contribution in [2.45, 2.75) is 13.8 Å². The minimum Gasteiger partial charge on any atom is -0.481 e. The van der Waals surface area contributed by atoms with Crippen LogP contribution < -0.4 is 5.32 Å². The van der Waals surface area contributed by atoms with Gasteiger partial charge in [-0.2, -0.15) is 0 Å². The monoisotopic (exact) mass is 243 g/mol. The number of carboxylic acids is 1. The van der Waals surface area contributed by atoms with Gasteiger partial charge in [0.05, 0.1) is 5.41 Å². The molecule has 0 aromatic rings. The third-order valence-electron chi connectivity index (χ3n) is 2.93. The first-order chi connectivity index (χ1) is 7.84. The van der Waals surface area contributed by atoms with Crippen molar-refractivity contribution in [1.82, 2.24) is 15.1 Å². The number of aliphatic carboxylic acids is 1. The molecular weight excluding hydrogens is 222 g/mol. The van der Waals surface area contributed by atoms with Crippen molar-refractivity contribution in [2.75, 3.05) is 39.8 Å². The van der Waals surface area contributed by atoms with Crippen molar-refractivity contribution in [2.24, 2.45) is 5.41 Å². The summed E-state index contributed by atoms with van der Waals surface area (Å²) in [6, 6.07) is -0.0965. The van der Waals surface area contributed by atoms with Gasteiger partial charge in [0.2, 0.25) is 0 Å². The first-order valence-corrected chi connectivity index (χ1v) is 5.79. The van der Waals surface area contributed by atoms with Crippen molar-refractivity contribution in [3.63, 3.8) is 0 Å². The van der Waals surface area contributed by atoms with Gasteiger partial charge in [-0.05, 0) is 13.8 Å². The van der Waals surface area contributed by atoms with Gasteiger partial charge in [0, 0.05) is 39.8 Å². The molecule has 1 aliphatic heterocycles. The fourth-order valence-corrected chi connectivity index (χ4v) is 1.83. The number of urea groups is 1. The summed E-state index contributed by atoms with van der Waals surface area (Å²) in [5, 5.41) is 12.2. The average molecular weight is 243 g/mol. The molecule has 0 spiro atoms. The highest BCUT2D eigenvalue weighted by Gasteiger charge is 2.31. The van der Waals surface area contributed by atoms with E-state index in [4.69, 9.17) is 5.11 Å². The van der Waals surface area contributed by atoms with Crippen LogP contribution in [-0.4, -0.2) is 66.7 Å². The predicted octanol–water partition coefficient (Wildman–Crippen LogP) is 0.0542. The maximum absolute atomic E-state index is 12.0. The molecule has 1 fully saturated rings. The van der Waals surface area contributed by atoms with E-state index >= 15 is 0 Å². The minimum absolute atomic E-state index is 0.0965. The Balaban J connectivity index is 2.54. The zero-order chi connectivity index (χ0) is 13.1. The van der Waals surface area contributed by atoms with E-state index in [9.17, 15) is 9.59 Å². The quantitative estimate of drug-likeness (QED) is 0.735. The largest absolute Gasteiger partial charge is 0.481 e. The Morgan fingerprint density at radius 3 is 2.35 bits per heavy atom. The van der Waals surface area contributed by atoms with Gasteiger partial charge in [-0.15, -0.1) is 0 Å². The number of hydrogen-bond donors (Lipinski definition) is 2. The Hall–Kier alpha value is -1.30. The SMILES string of the molecule is CN(CC(C)(C)C(=O)O)C(=O)N1CCNCC1. The first-order valence-electron chi connectivity index (χ1n) is 5.79. The molecular formula is C11H21N3O3. The molecule has 0 aliphatic carbocycles. The Kier molecular flexibility index (Phi) is 4.34. The van der Waals surface area contributed by atoms with Gasteiger partial charge in [0.15, 0.2) is 0 Å². The standard InChI is InChI=1S/C11H21N3O3/c1-11(2,9(15)16)8-13(3)10(17)14-6-4-12-5-7-14/h12H,4-8H2,1-3H3,(H,15,16). The second kappa shape index (κ2) is 5.35. The van der Waals surface area contributed by atoms with Gasteiger partial charge in [0.1, 0.15) is 0 Å². The second-order valence-electron chi connectivity index (χ2n) is 5.06. The van der Waals surface area contributed by atoms with Crippen molar-refractivity contribution < 1.29 is 14.7 Å². The Morgan fingerprint density at radius 2 is 1.88 bits per heavy atom. The summed E-state index contributed by atoms with van der Waals surface area (Å²) in [6.07, 6.45) is 0. The van der Waals surface area contributed by atoms with E-state index < -0.39 is 11.4 Å². The summed E-state index contributed by atoms with van der Waals surface area (Å²) in [5.41, 5.74) is -0.918. The lowest BCUT2D eigenvalue weighted by molar-refractivity contribution is -0.147. The van der Waals surface area contributed by atoms with Gasteiger partial charge < -0.3 is 20.2 Å². The van der Waals surface area contributed by atoms with Crippen molar-refractivity contribution in [1.29, 1.82) is 0 Å². The molecule has 98 valence electrons. The van der Waals surface area contributed by atoms with E-state index in [1.54, 1.807) is 25.8 Å². The fourth-order valence-electron chi connectivity index (χ4n) is 1.83. The van der Waals surface area contributed by atoms with E-state index in [1.165, 1.54) is 4.90 Å². The molecule has 2 amide bonds. The number of rotatable bonds is 3. The number of carbonyl (C=O) groups excluding carboxylic acids is 1. The van der Waals surface area contributed by atoms with Crippen molar-refractivity contribution >= 4 is 12.0 Å². The van der Waals surface area contributed by atoms with Crippen molar-refractivity contribution in [3.8, 4) is 0 Å². The molecule has 1 aliphatic rings. The smallest absolute Gasteiger partial charge is 0.319 e. The molecule has 0 unspecified atom stereocenters. The molecule has 0 radical (unpaired) electrons. The van der Waals surface area contributed by atoms with E-state index in [0.717, 1.165) is 13.1 Å². The van der Waals surface area contributed by atoms with Crippen LogP contribution in [0, 0.1) is 5.41 Å². The number of hydrogen-bond acceptors (Lipinski definition) is 3. The average Bonchev–Trinajstić information content (AvgIpc) is 2.28. The zero-order valence-corrected chi connectivity index (χ0v) is 10.7. The van der Waals surface area contributed by atoms with Crippen LogP contribution in [-0.2, 0) is 4.79 Å². The van der Waals surface area contributed by atoms with Crippen LogP contribution in [0.15, 0.2) is 0 Å². The molecule has 0 aromatic heterocycles. The third kappa shape index (κ3) is 3.59. The summed E-state index contributed by atoms with van der Waals surface area (Å²) in [4.78, 5) is 26.3. The molecule has 0 aromatic carbocycles. The Morgan fingerprint density at radius 1 is 1.35 bits per heavy atom. The summed E-state index contributed by atoms with van der Waals surface area (Å²) in [7, 11) is 1.65. The lowest BCUT2D eigenvalue weighted by atomic mass is 9.93.